The first-order valence-corrected chi connectivity index (χ1v) is 5.10. The number of hydrogen-bond donors (Lipinski definition) is 2. The second-order valence-corrected chi connectivity index (χ2v) is 4.40. The number of rotatable bonds is 2. The van der Waals surface area contributed by atoms with Gasteiger partial charge in [0.25, 0.3) is 0 Å². The van der Waals surface area contributed by atoms with Crippen molar-refractivity contribution >= 4 is 5.91 Å². The fourth-order valence-electron chi connectivity index (χ4n) is 1.79. The summed E-state index contributed by atoms with van der Waals surface area (Å²) in [6.45, 7) is 4.37. The Bertz CT molecular complexity index is 217. The van der Waals surface area contributed by atoms with Crippen LogP contribution in [-0.2, 0) is 4.79 Å². The van der Waals surface area contributed by atoms with Crippen LogP contribution in [0.15, 0.2) is 0 Å². The van der Waals surface area contributed by atoms with Crippen LogP contribution in [-0.4, -0.2) is 46.3 Å². The lowest BCUT2D eigenvalue weighted by atomic mass is 9.93. The molecule has 1 heterocycles. The highest BCUT2D eigenvalue weighted by atomic mass is 16.3. The molecule has 0 aromatic heterocycles. The van der Waals surface area contributed by atoms with Crippen LogP contribution in [0.25, 0.3) is 0 Å². The van der Waals surface area contributed by atoms with Crippen molar-refractivity contribution in [1.29, 1.82) is 0 Å². The molecule has 1 amide bonds. The Morgan fingerprint density at radius 1 is 1.57 bits per heavy atom. The average molecular weight is 201 g/mol. The molecule has 0 aliphatic carbocycles. The van der Waals surface area contributed by atoms with Crippen LogP contribution >= 0.6 is 0 Å². The molecule has 4 heteroatoms. The summed E-state index contributed by atoms with van der Waals surface area (Å²) in [6, 6.07) is 0. The quantitative estimate of drug-likeness (QED) is 0.660. The van der Waals surface area contributed by atoms with Gasteiger partial charge in [-0.05, 0) is 12.8 Å². The van der Waals surface area contributed by atoms with Gasteiger partial charge in [-0.25, -0.2) is 0 Å². The number of β-amino-alcohol motifs (C(OH)–C–C–N with tert-alkyl or cyclic N) is 1. The second-order valence-electron chi connectivity index (χ2n) is 4.40. The molecular weight excluding hydrogens is 182 g/mol. The van der Waals surface area contributed by atoms with Crippen LogP contribution in [0.4, 0.5) is 0 Å². The molecule has 1 saturated heterocycles. The van der Waals surface area contributed by atoms with Gasteiger partial charge in [-0.15, -0.1) is 0 Å². The van der Waals surface area contributed by atoms with Gasteiger partial charge in [-0.2, -0.15) is 0 Å². The number of aliphatic hydroxyl groups excluding tert-OH is 1. The number of carbonyl (C=O) groups is 1. The van der Waals surface area contributed by atoms with Crippen LogP contribution in [0.1, 0.15) is 26.7 Å². The maximum atomic E-state index is 11.6. The van der Waals surface area contributed by atoms with Crippen LogP contribution in [0.3, 0.4) is 0 Å². The Kier molecular flexibility index (Phi) is 3.50. The molecule has 1 atom stereocenters. The molecule has 4 nitrogen and oxygen atoms in total. The molecule has 14 heavy (non-hydrogen) atoms. The van der Waals surface area contributed by atoms with Gasteiger partial charge in [0.05, 0.1) is 13.2 Å². The molecule has 1 fully saturated rings. The number of nitrogens with zero attached hydrogens (tertiary/aromatic N) is 1. The fraction of sp³-hybridized carbons (Fsp3) is 0.900. The van der Waals surface area contributed by atoms with Crippen molar-refractivity contribution in [2.24, 2.45) is 5.92 Å². The van der Waals surface area contributed by atoms with E-state index < -0.39 is 5.60 Å². The highest BCUT2D eigenvalue weighted by Gasteiger charge is 2.34. The molecule has 1 aliphatic heterocycles. The van der Waals surface area contributed by atoms with Crippen molar-refractivity contribution in [3.63, 3.8) is 0 Å². The molecule has 1 rings (SSSR count). The van der Waals surface area contributed by atoms with Crippen molar-refractivity contribution in [1.82, 2.24) is 4.90 Å². The van der Waals surface area contributed by atoms with Gasteiger partial charge in [0.2, 0.25) is 5.91 Å². The zero-order valence-corrected chi connectivity index (χ0v) is 8.86. The smallest absolute Gasteiger partial charge is 0.225 e. The third-order valence-corrected chi connectivity index (χ3v) is 2.66. The first kappa shape index (κ1) is 11.5. The summed E-state index contributed by atoms with van der Waals surface area (Å²) in [5.41, 5.74) is -1.08. The van der Waals surface area contributed by atoms with E-state index in [0.29, 0.717) is 13.0 Å². The Morgan fingerprint density at radius 3 is 2.71 bits per heavy atom. The van der Waals surface area contributed by atoms with E-state index in [1.54, 1.807) is 4.90 Å². The van der Waals surface area contributed by atoms with Crippen molar-refractivity contribution in [3.05, 3.63) is 0 Å². The number of carbonyl (C=O) groups excluding carboxylic acids is 1. The van der Waals surface area contributed by atoms with E-state index in [0.717, 1.165) is 6.42 Å². The van der Waals surface area contributed by atoms with Gasteiger partial charge in [-0.1, -0.05) is 13.8 Å². The predicted molar refractivity (Wildman–Crippen MR) is 52.7 cm³/mol. The van der Waals surface area contributed by atoms with Crippen molar-refractivity contribution in [2.75, 3.05) is 19.7 Å². The van der Waals surface area contributed by atoms with E-state index in [9.17, 15) is 9.90 Å². The summed E-state index contributed by atoms with van der Waals surface area (Å²) in [4.78, 5) is 13.3. The summed E-state index contributed by atoms with van der Waals surface area (Å²) in [5, 5.41) is 18.8. The van der Waals surface area contributed by atoms with Gasteiger partial charge < -0.3 is 15.1 Å². The number of aliphatic hydroxyl groups is 2. The number of likely N-dealkylation sites (tertiary alicyclic amines) is 1. The third-order valence-electron chi connectivity index (χ3n) is 2.66. The lowest BCUT2D eigenvalue weighted by Crippen LogP contribution is -2.53. The highest BCUT2D eigenvalue weighted by molar-refractivity contribution is 5.78. The maximum Gasteiger partial charge on any atom is 0.225 e. The monoisotopic (exact) mass is 201 g/mol. The summed E-state index contributed by atoms with van der Waals surface area (Å²) >= 11 is 0. The molecule has 1 aliphatic rings. The van der Waals surface area contributed by atoms with Crippen LogP contribution in [0, 0.1) is 5.92 Å². The Labute approximate surface area is 84.5 Å². The summed E-state index contributed by atoms with van der Waals surface area (Å²) in [5.74, 6) is 0.00705. The molecule has 0 saturated carbocycles. The van der Waals surface area contributed by atoms with Gasteiger partial charge in [0, 0.05) is 12.5 Å². The topological polar surface area (TPSA) is 60.8 Å². The van der Waals surface area contributed by atoms with Crippen molar-refractivity contribution in [2.45, 2.75) is 32.3 Å². The minimum Gasteiger partial charge on any atom is -0.393 e. The van der Waals surface area contributed by atoms with E-state index >= 15 is 0 Å². The zero-order valence-electron chi connectivity index (χ0n) is 8.86. The largest absolute Gasteiger partial charge is 0.393 e. The average Bonchev–Trinajstić information content (AvgIpc) is 2.16. The standard InChI is InChI=1S/C10H19NO3/c1-8(2)9(13)11-5-3-4-10(14,6-11)7-12/h8,12,14H,3-7H2,1-2H3. The van der Waals surface area contributed by atoms with Gasteiger partial charge >= 0.3 is 0 Å². The van der Waals surface area contributed by atoms with E-state index in [2.05, 4.69) is 0 Å². The fourth-order valence-corrected chi connectivity index (χ4v) is 1.79. The third kappa shape index (κ3) is 2.45. The minimum atomic E-state index is -1.08. The molecule has 0 bridgehead atoms. The van der Waals surface area contributed by atoms with Crippen molar-refractivity contribution < 1.29 is 15.0 Å². The Hall–Kier alpha value is -0.610. The van der Waals surface area contributed by atoms with E-state index in [-0.39, 0.29) is 25.0 Å². The maximum absolute atomic E-state index is 11.6. The van der Waals surface area contributed by atoms with E-state index in [1.165, 1.54) is 0 Å². The van der Waals surface area contributed by atoms with Crippen molar-refractivity contribution in [3.8, 4) is 0 Å². The van der Waals surface area contributed by atoms with Crippen LogP contribution in [0.5, 0.6) is 0 Å². The number of hydrogen-bond acceptors (Lipinski definition) is 3. The van der Waals surface area contributed by atoms with Gasteiger partial charge in [-0.3, -0.25) is 4.79 Å². The Morgan fingerprint density at radius 2 is 2.21 bits per heavy atom. The first-order chi connectivity index (χ1) is 6.48. The molecule has 0 radical (unpaired) electrons. The van der Waals surface area contributed by atoms with E-state index in [4.69, 9.17) is 5.11 Å². The molecular formula is C10H19NO3. The highest BCUT2D eigenvalue weighted by Crippen LogP contribution is 2.21. The molecule has 0 spiro atoms. The molecule has 2 N–H and O–H groups in total. The first-order valence-electron chi connectivity index (χ1n) is 5.10. The minimum absolute atomic E-state index is 0.0453. The summed E-state index contributed by atoms with van der Waals surface area (Å²) < 4.78 is 0. The normalized spacial score (nSPS) is 28.2. The van der Waals surface area contributed by atoms with Crippen LogP contribution < -0.4 is 0 Å². The number of piperidine rings is 1. The lowest BCUT2D eigenvalue weighted by molar-refractivity contribution is -0.143. The zero-order chi connectivity index (χ0) is 10.8. The van der Waals surface area contributed by atoms with Gasteiger partial charge in [0.15, 0.2) is 0 Å². The summed E-state index contributed by atoms with van der Waals surface area (Å²) in [7, 11) is 0. The van der Waals surface area contributed by atoms with Crippen LogP contribution in [0.2, 0.25) is 0 Å². The SMILES string of the molecule is CC(C)C(=O)N1CCCC(O)(CO)C1. The predicted octanol–water partition coefficient (Wildman–Crippen LogP) is -0.0118. The molecule has 0 aromatic carbocycles. The Balaban J connectivity index is 2.60. The molecule has 0 aromatic rings. The summed E-state index contributed by atoms with van der Waals surface area (Å²) in [6.07, 6.45) is 1.33. The number of amides is 1. The van der Waals surface area contributed by atoms with E-state index in [1.807, 2.05) is 13.8 Å². The van der Waals surface area contributed by atoms with Gasteiger partial charge in [0.1, 0.15) is 5.60 Å². The molecule has 1 unspecified atom stereocenters. The second kappa shape index (κ2) is 4.28. The molecule has 82 valence electrons. The lowest BCUT2D eigenvalue weighted by Gasteiger charge is -2.38.